The molecule has 3 fully saturated rings. The number of carbonyl (C=O) groups excluding carboxylic acids is 3. The molecule has 3 aliphatic heterocycles. The molecule has 3 aromatic rings. The average molecular weight is 717 g/mol. The molecule has 6 rings (SSSR count). The van der Waals surface area contributed by atoms with E-state index in [-0.39, 0.29) is 35.8 Å². The Morgan fingerprint density at radius 1 is 0.904 bits per heavy atom. The number of methoxy groups -OCH3 is 1. The Hall–Kier alpha value is -4.72. The summed E-state index contributed by atoms with van der Waals surface area (Å²) in [6.07, 6.45) is -0.234. The van der Waals surface area contributed by atoms with E-state index in [1.54, 1.807) is 21.9 Å². The Morgan fingerprint density at radius 3 is 2.19 bits per heavy atom. The third kappa shape index (κ3) is 8.49. The number of rotatable bonds is 12. The van der Waals surface area contributed by atoms with Crippen LogP contribution in [0.1, 0.15) is 48.6 Å². The second-order valence-corrected chi connectivity index (χ2v) is 13.7. The lowest BCUT2D eigenvalue weighted by Crippen LogP contribution is -2.55. The van der Waals surface area contributed by atoms with Crippen molar-refractivity contribution in [3.8, 4) is 11.5 Å². The molecular weight excluding hydrogens is 667 g/mol. The number of piperazine rings is 2. The zero-order valence-corrected chi connectivity index (χ0v) is 29.9. The Balaban J connectivity index is 1.03. The molecule has 52 heavy (non-hydrogen) atoms. The smallest absolute Gasteiger partial charge is 0.317 e. The van der Waals surface area contributed by atoms with Gasteiger partial charge in [0.2, 0.25) is 11.8 Å². The number of phenols is 1. The normalized spacial score (nSPS) is 20.4. The van der Waals surface area contributed by atoms with Gasteiger partial charge in [-0.3, -0.25) is 14.5 Å². The molecular formula is C39H49FN6O6. The Kier molecular flexibility index (Phi) is 11.9. The van der Waals surface area contributed by atoms with Gasteiger partial charge in [0.05, 0.1) is 31.7 Å². The van der Waals surface area contributed by atoms with E-state index in [1.165, 1.54) is 37.4 Å². The van der Waals surface area contributed by atoms with E-state index < -0.39 is 18.1 Å². The molecule has 0 aromatic heterocycles. The maximum Gasteiger partial charge on any atom is 0.317 e. The maximum atomic E-state index is 13.6. The van der Waals surface area contributed by atoms with Gasteiger partial charge in [0.15, 0.2) is 0 Å². The number of phenolic OH excluding ortho intramolecular Hbond substituents is 1. The highest BCUT2D eigenvalue weighted by Crippen LogP contribution is 2.49. The average Bonchev–Trinajstić information content (AvgIpc) is 3.17. The predicted molar refractivity (Wildman–Crippen MR) is 194 cm³/mol. The minimum absolute atomic E-state index is 0.000863. The molecule has 0 bridgehead atoms. The predicted octanol–water partition coefficient (Wildman–Crippen LogP) is 3.75. The third-order valence-electron chi connectivity index (χ3n) is 10.6. The summed E-state index contributed by atoms with van der Waals surface area (Å²) in [5.74, 6) is -0.422. The highest BCUT2D eigenvalue weighted by atomic mass is 19.1. The van der Waals surface area contributed by atoms with Crippen LogP contribution in [0.15, 0.2) is 66.7 Å². The fourth-order valence-electron chi connectivity index (χ4n) is 7.34. The van der Waals surface area contributed by atoms with Crippen LogP contribution in [0, 0.1) is 11.7 Å². The summed E-state index contributed by atoms with van der Waals surface area (Å²) < 4.78 is 18.7. The highest BCUT2D eigenvalue weighted by Gasteiger charge is 2.49. The molecule has 0 radical (unpaired) electrons. The molecule has 3 atom stereocenters. The number of urea groups is 1. The zero-order valence-electron chi connectivity index (χ0n) is 29.9. The van der Waals surface area contributed by atoms with Crippen LogP contribution in [0.3, 0.4) is 0 Å². The number of aliphatic hydroxyl groups is 1. The second-order valence-electron chi connectivity index (χ2n) is 13.7. The number of halogens is 1. The first-order valence-electron chi connectivity index (χ1n) is 18.1. The quantitative estimate of drug-likeness (QED) is 0.242. The molecule has 3 N–H and O–H groups in total. The number of benzene rings is 3. The number of nitrogens with zero attached hydrogens (tertiary/aromatic N) is 5. The minimum atomic E-state index is -0.870. The molecule has 1 unspecified atom stereocenters. The van der Waals surface area contributed by atoms with Crippen molar-refractivity contribution in [3.63, 3.8) is 0 Å². The zero-order chi connectivity index (χ0) is 36.8. The SMILES string of the molecule is CCN1CCN(CC(=O)N2CCN(C(=O)NCc3ccc(N4C(=O)[C@H](CCC(O)c5ccc(F)cc5)[C@H]4c4ccc(OC)cc4O)cc3)CC2)CC1. The molecule has 278 valence electrons. The van der Waals surface area contributed by atoms with Crippen molar-refractivity contribution in [2.75, 3.05) is 77.5 Å². The molecule has 3 saturated heterocycles. The first kappa shape index (κ1) is 37.1. The molecule has 0 aliphatic carbocycles. The van der Waals surface area contributed by atoms with E-state index >= 15 is 0 Å². The van der Waals surface area contributed by atoms with Crippen molar-refractivity contribution in [2.45, 2.75) is 38.5 Å². The number of β-lactam (4-membered cyclic amide) rings is 1. The van der Waals surface area contributed by atoms with Crippen molar-refractivity contribution < 1.29 is 33.7 Å². The lowest BCUT2D eigenvalue weighted by atomic mass is 9.78. The molecule has 0 saturated carbocycles. The number of amides is 4. The molecule has 3 aromatic carbocycles. The van der Waals surface area contributed by atoms with E-state index in [4.69, 9.17) is 4.74 Å². The summed E-state index contributed by atoms with van der Waals surface area (Å²) in [6.45, 7) is 9.64. The van der Waals surface area contributed by atoms with E-state index in [2.05, 4.69) is 22.0 Å². The van der Waals surface area contributed by atoms with Crippen LogP contribution in [0.25, 0.3) is 0 Å². The summed E-state index contributed by atoms with van der Waals surface area (Å²) in [7, 11) is 1.51. The molecule has 0 spiro atoms. The number of hydrogen-bond acceptors (Lipinski definition) is 8. The van der Waals surface area contributed by atoms with Crippen LogP contribution >= 0.6 is 0 Å². The topological polar surface area (TPSA) is 129 Å². The lowest BCUT2D eigenvalue weighted by molar-refractivity contribution is -0.134. The molecule has 4 amide bonds. The van der Waals surface area contributed by atoms with Gasteiger partial charge < -0.3 is 39.9 Å². The van der Waals surface area contributed by atoms with E-state index in [0.29, 0.717) is 68.3 Å². The first-order chi connectivity index (χ1) is 25.1. The fraction of sp³-hybridized carbons (Fsp3) is 0.462. The number of aliphatic hydroxyl groups excluding tert-OH is 1. The van der Waals surface area contributed by atoms with Gasteiger partial charge in [-0.2, -0.15) is 0 Å². The summed E-state index contributed by atoms with van der Waals surface area (Å²) in [6, 6.07) is 17.3. The van der Waals surface area contributed by atoms with Gasteiger partial charge in [0.25, 0.3) is 0 Å². The summed E-state index contributed by atoms with van der Waals surface area (Å²) in [5, 5.41) is 24.7. The molecule has 3 heterocycles. The van der Waals surface area contributed by atoms with Crippen LogP contribution in [-0.4, -0.2) is 120 Å². The standard InChI is InChI=1S/C39H49FN6O6/c1-3-42-16-18-43(19-17-42)26-36(49)44-20-22-45(23-21-44)39(51)41-25-27-4-10-30(11-5-27)46-37(32-13-12-31(52-2)24-35(32)48)33(38(46)50)14-15-34(47)28-6-8-29(40)9-7-28/h4-13,24,33-34,37,47-48H,3,14-23,25-26H2,1-2H3,(H,41,51)/t33-,34?,37-/m1/s1. The van der Waals surface area contributed by atoms with Crippen LogP contribution in [0.5, 0.6) is 11.5 Å². The second kappa shape index (κ2) is 16.7. The first-order valence-corrected chi connectivity index (χ1v) is 18.1. The van der Waals surface area contributed by atoms with Crippen molar-refractivity contribution in [1.82, 2.24) is 24.9 Å². The number of aromatic hydroxyl groups is 1. The van der Waals surface area contributed by atoms with Crippen molar-refractivity contribution in [3.05, 3.63) is 89.2 Å². The van der Waals surface area contributed by atoms with Crippen LogP contribution in [0.4, 0.5) is 14.9 Å². The van der Waals surface area contributed by atoms with Gasteiger partial charge in [-0.05, 0) is 66.9 Å². The van der Waals surface area contributed by atoms with Crippen molar-refractivity contribution in [1.29, 1.82) is 0 Å². The Bertz CT molecular complexity index is 1690. The summed E-state index contributed by atoms with van der Waals surface area (Å²) in [5.41, 5.74) is 2.63. The van der Waals surface area contributed by atoms with Gasteiger partial charge in [-0.1, -0.05) is 31.2 Å². The lowest BCUT2D eigenvalue weighted by Gasteiger charge is -2.48. The number of anilines is 1. The van der Waals surface area contributed by atoms with Gasteiger partial charge in [-0.25, -0.2) is 9.18 Å². The summed E-state index contributed by atoms with van der Waals surface area (Å²) in [4.78, 5) is 49.4. The van der Waals surface area contributed by atoms with Gasteiger partial charge in [0, 0.05) is 76.2 Å². The fourth-order valence-corrected chi connectivity index (χ4v) is 7.34. The number of hydrogen-bond donors (Lipinski definition) is 3. The Labute approximate surface area is 304 Å². The monoisotopic (exact) mass is 716 g/mol. The Morgan fingerprint density at radius 2 is 1.56 bits per heavy atom. The van der Waals surface area contributed by atoms with E-state index in [1.807, 2.05) is 29.2 Å². The van der Waals surface area contributed by atoms with Crippen LogP contribution in [-0.2, 0) is 16.1 Å². The van der Waals surface area contributed by atoms with Crippen molar-refractivity contribution >= 4 is 23.5 Å². The summed E-state index contributed by atoms with van der Waals surface area (Å²) >= 11 is 0. The van der Waals surface area contributed by atoms with E-state index in [0.717, 1.165) is 38.3 Å². The third-order valence-corrected chi connectivity index (χ3v) is 10.6. The number of nitrogens with one attached hydrogen (secondary N) is 1. The van der Waals surface area contributed by atoms with Crippen LogP contribution < -0.4 is 15.0 Å². The minimum Gasteiger partial charge on any atom is -0.507 e. The van der Waals surface area contributed by atoms with Gasteiger partial charge in [0.1, 0.15) is 17.3 Å². The molecule has 13 heteroatoms. The highest BCUT2D eigenvalue weighted by molar-refractivity contribution is 6.03. The number of likely N-dealkylation sites (N-methyl/N-ethyl adjacent to an activating group) is 1. The molecule has 3 aliphatic rings. The van der Waals surface area contributed by atoms with Crippen LogP contribution in [0.2, 0.25) is 0 Å². The largest absolute Gasteiger partial charge is 0.507 e. The van der Waals surface area contributed by atoms with E-state index in [9.17, 15) is 29.0 Å². The molecule has 12 nitrogen and oxygen atoms in total. The van der Waals surface area contributed by atoms with Gasteiger partial charge >= 0.3 is 6.03 Å². The van der Waals surface area contributed by atoms with Gasteiger partial charge in [-0.15, -0.1) is 0 Å². The maximum absolute atomic E-state index is 13.6. The number of ether oxygens (including phenoxy) is 1. The number of carbonyl (C=O) groups is 3. The van der Waals surface area contributed by atoms with Crippen molar-refractivity contribution in [2.24, 2.45) is 5.92 Å².